The van der Waals surface area contributed by atoms with Gasteiger partial charge in [-0.05, 0) is 12.1 Å². The van der Waals surface area contributed by atoms with Crippen molar-refractivity contribution in [1.29, 1.82) is 0 Å². The lowest BCUT2D eigenvalue weighted by Gasteiger charge is -1.89. The fourth-order valence-corrected chi connectivity index (χ4v) is 0.886. The molecule has 0 aliphatic carbocycles. The van der Waals surface area contributed by atoms with E-state index in [9.17, 15) is 4.48 Å². The van der Waals surface area contributed by atoms with Gasteiger partial charge in [-0.1, -0.05) is 54.6 Å². The average molecular weight is 189 g/mol. The Labute approximate surface area is 83.1 Å². The second kappa shape index (κ2) is 6.66. The number of para-hydroxylation sites is 1. The second-order valence-corrected chi connectivity index (χ2v) is 2.62. The van der Waals surface area contributed by atoms with Crippen LogP contribution in [0.1, 0.15) is 0 Å². The van der Waals surface area contributed by atoms with Crippen LogP contribution < -0.4 is 5.54 Å². The first-order valence-electron chi connectivity index (χ1n) is 4.35. The van der Waals surface area contributed by atoms with Crippen molar-refractivity contribution in [3.05, 3.63) is 66.7 Å². The smallest absolute Gasteiger partial charge is 0.0655 e. The molecule has 0 saturated carbocycles. The monoisotopic (exact) mass is 189 g/mol. The fourth-order valence-electron chi connectivity index (χ4n) is 0.886. The molecule has 72 valence electrons. The molecule has 0 spiro atoms. The maximum Gasteiger partial charge on any atom is 0.0655 e. The zero-order chi connectivity index (χ0) is 10.1. The Morgan fingerprint density at radius 3 is 1.29 bits per heavy atom. The largest absolute Gasteiger partial charge is 0.225 e. The molecule has 2 aromatic carbocycles. The molecule has 2 rings (SSSR count). The maximum atomic E-state index is 11.5. The van der Waals surface area contributed by atoms with Crippen molar-refractivity contribution >= 4 is 5.69 Å². The van der Waals surface area contributed by atoms with Crippen molar-refractivity contribution in [2.45, 2.75) is 0 Å². The third kappa shape index (κ3) is 4.26. The van der Waals surface area contributed by atoms with E-state index in [1.165, 1.54) is 5.54 Å². The highest BCUT2D eigenvalue weighted by molar-refractivity contribution is 5.39. The number of anilines is 1. The molecule has 1 nitrogen and oxygen atoms in total. The predicted molar refractivity (Wildman–Crippen MR) is 57.6 cm³/mol. The summed E-state index contributed by atoms with van der Waals surface area (Å²) < 4.78 is 11.5. The van der Waals surface area contributed by atoms with E-state index in [0.29, 0.717) is 5.69 Å². The minimum Gasteiger partial charge on any atom is -0.225 e. The normalized spacial score (nSPS) is 8.36. The van der Waals surface area contributed by atoms with E-state index in [4.69, 9.17) is 0 Å². The van der Waals surface area contributed by atoms with E-state index in [0.717, 1.165) is 0 Å². The minimum atomic E-state index is 0.493. The average Bonchev–Trinajstić information content (AvgIpc) is 2.33. The Morgan fingerprint density at radius 1 is 0.643 bits per heavy atom. The van der Waals surface area contributed by atoms with Crippen molar-refractivity contribution in [2.75, 3.05) is 5.54 Å². The van der Waals surface area contributed by atoms with Crippen LogP contribution in [0.4, 0.5) is 10.2 Å². The zero-order valence-corrected chi connectivity index (χ0v) is 7.73. The Bertz CT molecular complexity index is 294. The van der Waals surface area contributed by atoms with Gasteiger partial charge >= 0.3 is 0 Å². The van der Waals surface area contributed by atoms with Crippen molar-refractivity contribution in [3.8, 4) is 0 Å². The number of hydrogen-bond donors (Lipinski definition) is 1. The molecule has 0 atom stereocenters. The van der Waals surface area contributed by atoms with Crippen molar-refractivity contribution < 1.29 is 4.48 Å². The molecule has 0 fully saturated rings. The molecule has 2 heteroatoms. The number of halogens is 1. The van der Waals surface area contributed by atoms with E-state index in [1.807, 2.05) is 42.5 Å². The van der Waals surface area contributed by atoms with Gasteiger partial charge in [0.2, 0.25) is 0 Å². The summed E-state index contributed by atoms with van der Waals surface area (Å²) in [7, 11) is 0. The number of rotatable bonds is 1. The molecule has 0 radical (unpaired) electrons. The van der Waals surface area contributed by atoms with Gasteiger partial charge in [-0.15, -0.1) is 4.48 Å². The van der Waals surface area contributed by atoms with Crippen LogP contribution in [0.2, 0.25) is 0 Å². The van der Waals surface area contributed by atoms with Crippen LogP contribution in [0.5, 0.6) is 0 Å². The maximum absolute atomic E-state index is 11.5. The van der Waals surface area contributed by atoms with Gasteiger partial charge in [0.1, 0.15) is 0 Å². The molecule has 2 aromatic rings. The van der Waals surface area contributed by atoms with Crippen LogP contribution in [-0.2, 0) is 0 Å². The van der Waals surface area contributed by atoms with Crippen LogP contribution in [-0.4, -0.2) is 0 Å². The number of nitrogens with one attached hydrogen (secondary N) is 1. The molecule has 14 heavy (non-hydrogen) atoms. The van der Waals surface area contributed by atoms with Crippen LogP contribution in [0.3, 0.4) is 0 Å². The predicted octanol–water partition coefficient (Wildman–Crippen LogP) is 3.67. The summed E-state index contributed by atoms with van der Waals surface area (Å²) in [5.41, 5.74) is 2.02. The van der Waals surface area contributed by atoms with Gasteiger partial charge in [-0.3, -0.25) is 0 Å². The fraction of sp³-hybridized carbons (Fsp3) is 0. The summed E-state index contributed by atoms with van der Waals surface area (Å²) in [4.78, 5) is 0. The minimum absolute atomic E-state index is 0.493. The van der Waals surface area contributed by atoms with Crippen LogP contribution in [0, 0.1) is 0 Å². The zero-order valence-electron chi connectivity index (χ0n) is 7.73. The summed E-state index contributed by atoms with van der Waals surface area (Å²) >= 11 is 0. The van der Waals surface area contributed by atoms with Crippen molar-refractivity contribution in [2.24, 2.45) is 0 Å². The van der Waals surface area contributed by atoms with Gasteiger partial charge in [-0.25, -0.2) is 5.54 Å². The van der Waals surface area contributed by atoms with Gasteiger partial charge in [0, 0.05) is 0 Å². The third-order valence-corrected chi connectivity index (χ3v) is 1.55. The molecule has 0 amide bonds. The molecule has 0 aliphatic heterocycles. The molecule has 0 aliphatic rings. The van der Waals surface area contributed by atoms with Gasteiger partial charge in [0.05, 0.1) is 5.69 Å². The molecule has 0 saturated heterocycles. The SMILES string of the molecule is FNc1ccccc1.c1ccccc1. The van der Waals surface area contributed by atoms with Crippen LogP contribution >= 0.6 is 0 Å². The van der Waals surface area contributed by atoms with Gasteiger partial charge in [0.25, 0.3) is 0 Å². The molecule has 0 heterocycles. The Kier molecular flexibility index (Phi) is 4.88. The number of benzene rings is 2. The molecular weight excluding hydrogens is 177 g/mol. The summed E-state index contributed by atoms with van der Waals surface area (Å²) in [5, 5.41) is 0. The van der Waals surface area contributed by atoms with Gasteiger partial charge in [0.15, 0.2) is 0 Å². The van der Waals surface area contributed by atoms with Gasteiger partial charge < -0.3 is 0 Å². The quantitative estimate of drug-likeness (QED) is 0.675. The summed E-state index contributed by atoms with van der Waals surface area (Å²) in [5.74, 6) is 0. The van der Waals surface area contributed by atoms with E-state index < -0.39 is 0 Å². The molecule has 0 unspecified atom stereocenters. The lowest BCUT2D eigenvalue weighted by Crippen LogP contribution is -1.77. The Morgan fingerprint density at radius 2 is 1.00 bits per heavy atom. The highest BCUT2D eigenvalue weighted by Crippen LogP contribution is 2.03. The standard InChI is InChI=1S/C6H6FN.C6H6/c7-8-6-4-2-1-3-5-6;1-2-4-6-5-3-1/h1-5,8H;1-6H. The Balaban J connectivity index is 0.000000146. The second-order valence-electron chi connectivity index (χ2n) is 2.62. The van der Waals surface area contributed by atoms with Crippen LogP contribution in [0.25, 0.3) is 0 Å². The summed E-state index contributed by atoms with van der Waals surface area (Å²) in [6.07, 6.45) is 0. The van der Waals surface area contributed by atoms with Gasteiger partial charge in [-0.2, -0.15) is 0 Å². The van der Waals surface area contributed by atoms with Crippen molar-refractivity contribution in [3.63, 3.8) is 0 Å². The summed E-state index contributed by atoms with van der Waals surface area (Å²) in [6, 6.07) is 20.7. The van der Waals surface area contributed by atoms with E-state index in [2.05, 4.69) is 0 Å². The van der Waals surface area contributed by atoms with Crippen molar-refractivity contribution in [1.82, 2.24) is 0 Å². The highest BCUT2D eigenvalue weighted by atomic mass is 19.2. The van der Waals surface area contributed by atoms with E-state index >= 15 is 0 Å². The summed E-state index contributed by atoms with van der Waals surface area (Å²) in [6.45, 7) is 0. The lowest BCUT2D eigenvalue weighted by atomic mass is 10.3. The first kappa shape index (κ1) is 10.3. The third-order valence-electron chi connectivity index (χ3n) is 1.55. The molecule has 0 aromatic heterocycles. The molecular formula is C12H12FN. The topological polar surface area (TPSA) is 12.0 Å². The van der Waals surface area contributed by atoms with Crippen LogP contribution in [0.15, 0.2) is 66.7 Å². The van der Waals surface area contributed by atoms with E-state index in [1.54, 1.807) is 24.3 Å². The van der Waals surface area contributed by atoms with E-state index in [-0.39, 0.29) is 0 Å². The first-order chi connectivity index (χ1) is 6.93. The number of hydrogen-bond acceptors (Lipinski definition) is 1. The Hall–Kier alpha value is -1.83. The molecule has 0 bridgehead atoms. The lowest BCUT2D eigenvalue weighted by molar-refractivity contribution is 0.618. The highest BCUT2D eigenvalue weighted by Gasteiger charge is 1.80. The first-order valence-corrected chi connectivity index (χ1v) is 4.35. The molecule has 1 N–H and O–H groups in total.